The highest BCUT2D eigenvalue weighted by molar-refractivity contribution is 5.86. The molecule has 0 spiro atoms. The van der Waals surface area contributed by atoms with Crippen molar-refractivity contribution in [2.45, 2.75) is 53.0 Å². The number of rotatable bonds is 11. The van der Waals surface area contributed by atoms with E-state index >= 15 is 0 Å². The SMILES string of the molecule is C=C(N/N=C(\C)C1CC1)Nc1cc(N2CCN(CC)CC2)nc(NCc2cc(C(C)C)no2)n1. The lowest BCUT2D eigenvalue weighted by molar-refractivity contribution is 0.270. The lowest BCUT2D eigenvalue weighted by Crippen LogP contribution is -2.46. The lowest BCUT2D eigenvalue weighted by Gasteiger charge is -2.35. The van der Waals surface area contributed by atoms with Gasteiger partial charge < -0.3 is 25.0 Å². The minimum Gasteiger partial charge on any atom is -0.359 e. The molecule has 34 heavy (non-hydrogen) atoms. The molecule has 2 aromatic rings. The maximum absolute atomic E-state index is 5.45. The first-order valence-corrected chi connectivity index (χ1v) is 12.2. The predicted molar refractivity (Wildman–Crippen MR) is 136 cm³/mol. The van der Waals surface area contributed by atoms with Gasteiger partial charge in [0.15, 0.2) is 5.76 Å². The van der Waals surface area contributed by atoms with Gasteiger partial charge >= 0.3 is 0 Å². The van der Waals surface area contributed by atoms with Crippen LogP contribution < -0.4 is 21.0 Å². The summed E-state index contributed by atoms with van der Waals surface area (Å²) in [4.78, 5) is 14.2. The molecule has 0 atom stereocenters. The highest BCUT2D eigenvalue weighted by Crippen LogP contribution is 2.30. The standard InChI is InChI=1S/C24H37N9O/c1-6-32-9-11-33(12-10-32)23-14-22(26-18(5)30-29-17(4)19-7-8-19)27-24(28-23)25-15-20-13-21(16(2)3)31-34-20/h13-14,16,19,30H,5-12,15H2,1-4H3,(H2,25,26,27,28)/b29-17+. The maximum Gasteiger partial charge on any atom is 0.227 e. The summed E-state index contributed by atoms with van der Waals surface area (Å²) in [5.41, 5.74) is 5.06. The summed E-state index contributed by atoms with van der Waals surface area (Å²) in [5.74, 6) is 4.30. The van der Waals surface area contributed by atoms with Crippen LogP contribution in [-0.4, -0.2) is 58.5 Å². The highest BCUT2D eigenvalue weighted by Gasteiger charge is 2.24. The van der Waals surface area contributed by atoms with Crippen LogP contribution in [0.25, 0.3) is 0 Å². The quantitative estimate of drug-likeness (QED) is 0.337. The fraction of sp³-hybridized carbons (Fsp3) is 0.583. The molecule has 0 amide bonds. The van der Waals surface area contributed by atoms with Gasteiger partial charge in [-0.05, 0) is 38.1 Å². The predicted octanol–water partition coefficient (Wildman–Crippen LogP) is 3.60. The Morgan fingerprint density at radius 1 is 1.21 bits per heavy atom. The zero-order valence-electron chi connectivity index (χ0n) is 20.8. The molecule has 1 aliphatic heterocycles. The second-order valence-electron chi connectivity index (χ2n) is 9.33. The summed E-state index contributed by atoms with van der Waals surface area (Å²) in [5, 5.41) is 15.1. The number of nitrogens with zero attached hydrogens (tertiary/aromatic N) is 6. The van der Waals surface area contributed by atoms with Crippen molar-refractivity contribution in [2.24, 2.45) is 11.0 Å². The van der Waals surface area contributed by atoms with Crippen LogP contribution in [0.3, 0.4) is 0 Å². The molecule has 184 valence electrons. The number of aromatic nitrogens is 3. The largest absolute Gasteiger partial charge is 0.359 e. The monoisotopic (exact) mass is 467 g/mol. The summed E-state index contributed by atoms with van der Waals surface area (Å²) in [7, 11) is 0. The van der Waals surface area contributed by atoms with Crippen molar-refractivity contribution in [1.29, 1.82) is 0 Å². The van der Waals surface area contributed by atoms with E-state index in [-0.39, 0.29) is 0 Å². The van der Waals surface area contributed by atoms with Crippen molar-refractivity contribution in [2.75, 3.05) is 48.3 Å². The van der Waals surface area contributed by atoms with Gasteiger partial charge in [0.1, 0.15) is 17.5 Å². The van der Waals surface area contributed by atoms with Crippen molar-refractivity contribution in [3.05, 3.63) is 36.0 Å². The molecule has 0 unspecified atom stereocenters. The Kier molecular flexibility index (Phi) is 7.66. The first-order chi connectivity index (χ1) is 16.4. The topological polar surface area (TPSA) is 107 Å². The number of hydrogen-bond donors (Lipinski definition) is 3. The van der Waals surface area contributed by atoms with Crippen LogP contribution in [0, 0.1) is 5.92 Å². The smallest absolute Gasteiger partial charge is 0.227 e. The minimum atomic E-state index is 0.319. The van der Waals surface area contributed by atoms with Crippen molar-refractivity contribution < 1.29 is 4.52 Å². The van der Waals surface area contributed by atoms with E-state index in [4.69, 9.17) is 9.51 Å². The molecular weight excluding hydrogens is 430 g/mol. The van der Waals surface area contributed by atoms with E-state index in [1.54, 1.807) is 0 Å². The van der Waals surface area contributed by atoms with Gasteiger partial charge in [0.05, 0.1) is 12.2 Å². The molecule has 0 aromatic carbocycles. The Labute approximate surface area is 201 Å². The van der Waals surface area contributed by atoms with Crippen molar-refractivity contribution in [1.82, 2.24) is 25.5 Å². The van der Waals surface area contributed by atoms with Crippen LogP contribution in [0.15, 0.2) is 34.2 Å². The van der Waals surface area contributed by atoms with Crippen LogP contribution in [0.4, 0.5) is 17.6 Å². The molecule has 1 saturated carbocycles. The number of nitrogens with one attached hydrogen (secondary N) is 3. The van der Waals surface area contributed by atoms with Crippen LogP contribution in [0.2, 0.25) is 0 Å². The Balaban J connectivity index is 1.46. The normalized spacial score (nSPS) is 17.2. The second kappa shape index (κ2) is 10.9. The summed E-state index contributed by atoms with van der Waals surface area (Å²) >= 11 is 0. The molecule has 10 nitrogen and oxygen atoms in total. The lowest BCUT2D eigenvalue weighted by atomic mass is 10.1. The van der Waals surface area contributed by atoms with E-state index in [9.17, 15) is 0 Å². The molecule has 4 rings (SSSR count). The maximum atomic E-state index is 5.45. The highest BCUT2D eigenvalue weighted by atomic mass is 16.5. The van der Waals surface area contributed by atoms with E-state index in [1.165, 1.54) is 12.8 Å². The van der Waals surface area contributed by atoms with Crippen LogP contribution in [0.5, 0.6) is 0 Å². The summed E-state index contributed by atoms with van der Waals surface area (Å²) in [6.45, 7) is 17.9. The molecule has 10 heteroatoms. The van der Waals surface area contributed by atoms with Gasteiger partial charge in [-0.3, -0.25) is 5.43 Å². The average molecular weight is 468 g/mol. The fourth-order valence-electron chi connectivity index (χ4n) is 3.81. The van der Waals surface area contributed by atoms with Crippen molar-refractivity contribution >= 4 is 23.3 Å². The van der Waals surface area contributed by atoms with Gasteiger partial charge in [-0.25, -0.2) is 0 Å². The second-order valence-corrected chi connectivity index (χ2v) is 9.33. The minimum absolute atomic E-state index is 0.319. The first-order valence-electron chi connectivity index (χ1n) is 12.2. The average Bonchev–Trinajstić information content (AvgIpc) is 3.58. The molecule has 2 aromatic heterocycles. The van der Waals surface area contributed by atoms with Gasteiger partial charge in [0.25, 0.3) is 0 Å². The fourth-order valence-corrected chi connectivity index (χ4v) is 3.81. The van der Waals surface area contributed by atoms with Gasteiger partial charge in [-0.1, -0.05) is 32.5 Å². The van der Waals surface area contributed by atoms with Crippen LogP contribution in [0.1, 0.15) is 57.9 Å². The number of piperazine rings is 1. The van der Waals surface area contributed by atoms with Crippen LogP contribution in [-0.2, 0) is 6.54 Å². The molecule has 2 aliphatic rings. The molecule has 3 N–H and O–H groups in total. The summed E-state index contributed by atoms with van der Waals surface area (Å²) in [6, 6.07) is 3.93. The molecular formula is C24H37N9O. The third-order valence-electron chi connectivity index (χ3n) is 6.26. The summed E-state index contributed by atoms with van der Waals surface area (Å²) < 4.78 is 5.45. The Hall–Kier alpha value is -3.14. The van der Waals surface area contributed by atoms with E-state index in [1.807, 2.05) is 19.1 Å². The third-order valence-corrected chi connectivity index (χ3v) is 6.26. The van der Waals surface area contributed by atoms with Gasteiger partial charge in [-0.15, -0.1) is 0 Å². The van der Waals surface area contributed by atoms with E-state index in [0.717, 1.165) is 55.7 Å². The molecule has 3 heterocycles. The van der Waals surface area contributed by atoms with Crippen molar-refractivity contribution in [3.63, 3.8) is 0 Å². The third kappa shape index (κ3) is 6.47. The molecule has 0 bridgehead atoms. The van der Waals surface area contributed by atoms with Gasteiger partial charge in [0, 0.05) is 44.0 Å². The summed E-state index contributed by atoms with van der Waals surface area (Å²) in [6.07, 6.45) is 2.44. The van der Waals surface area contributed by atoms with Gasteiger partial charge in [0.2, 0.25) is 5.95 Å². The number of hydrazone groups is 1. The zero-order valence-corrected chi connectivity index (χ0v) is 20.8. The Morgan fingerprint density at radius 3 is 2.62 bits per heavy atom. The number of hydrogen-bond acceptors (Lipinski definition) is 10. The van der Waals surface area contributed by atoms with Gasteiger partial charge in [-0.2, -0.15) is 15.1 Å². The molecule has 1 aliphatic carbocycles. The Bertz CT molecular complexity index is 1000. The molecule has 2 fully saturated rings. The molecule has 0 radical (unpaired) electrons. The first kappa shape index (κ1) is 24.0. The number of anilines is 3. The Morgan fingerprint density at radius 2 is 1.97 bits per heavy atom. The number of likely N-dealkylation sites (N-methyl/N-ethyl adjacent to an activating group) is 1. The zero-order chi connectivity index (χ0) is 24.1. The molecule has 1 saturated heterocycles. The van der Waals surface area contributed by atoms with E-state index in [2.05, 4.69) is 68.5 Å². The van der Waals surface area contributed by atoms with Crippen molar-refractivity contribution in [3.8, 4) is 0 Å². The van der Waals surface area contributed by atoms with Crippen LogP contribution >= 0.6 is 0 Å². The van der Waals surface area contributed by atoms with E-state index in [0.29, 0.717) is 36.0 Å². The van der Waals surface area contributed by atoms with E-state index < -0.39 is 0 Å².